The van der Waals surface area contributed by atoms with E-state index >= 15 is 0 Å². The standard InChI is InChI=1S/C27H31N5O4/c1-17-12-20(16-29-14-17)25(33)31-15-18-10-11-30-21(13-18)22-8-9-23(36-22)26(34)32-24(27(35)28-2)19-6-4-3-5-7-19/h8-14,16,19,24H,3-7,15H2,1-2H3,(H,28,35)(H,31,33)(H,32,34)/t24-/m0/s1. The fourth-order valence-electron chi connectivity index (χ4n) is 4.51. The summed E-state index contributed by atoms with van der Waals surface area (Å²) in [6, 6.07) is 8.03. The van der Waals surface area contributed by atoms with Crippen LogP contribution in [0.2, 0.25) is 0 Å². The van der Waals surface area contributed by atoms with Crippen molar-refractivity contribution >= 4 is 17.7 Å². The van der Waals surface area contributed by atoms with E-state index in [0.29, 0.717) is 23.6 Å². The lowest BCUT2D eigenvalue weighted by molar-refractivity contribution is -0.124. The molecule has 0 spiro atoms. The molecule has 0 bridgehead atoms. The Morgan fingerprint density at radius 3 is 2.61 bits per heavy atom. The van der Waals surface area contributed by atoms with Crippen LogP contribution in [0.1, 0.15) is 64.1 Å². The Balaban J connectivity index is 1.41. The van der Waals surface area contributed by atoms with Gasteiger partial charge in [-0.2, -0.15) is 0 Å². The molecule has 1 fully saturated rings. The Bertz CT molecular complexity index is 1230. The number of rotatable bonds is 8. The van der Waals surface area contributed by atoms with Crippen LogP contribution in [0.25, 0.3) is 11.5 Å². The number of carbonyl (C=O) groups excluding carboxylic acids is 3. The van der Waals surface area contributed by atoms with Crippen LogP contribution in [0.4, 0.5) is 0 Å². The smallest absolute Gasteiger partial charge is 0.287 e. The second kappa shape index (κ2) is 11.6. The van der Waals surface area contributed by atoms with Crippen molar-refractivity contribution in [3.63, 3.8) is 0 Å². The molecule has 1 saturated carbocycles. The molecule has 3 heterocycles. The lowest BCUT2D eigenvalue weighted by Crippen LogP contribution is -2.50. The predicted molar refractivity (Wildman–Crippen MR) is 134 cm³/mol. The van der Waals surface area contributed by atoms with E-state index in [2.05, 4.69) is 25.9 Å². The molecule has 3 aromatic rings. The molecule has 3 amide bonds. The zero-order valence-corrected chi connectivity index (χ0v) is 20.5. The Kier molecular flexibility index (Phi) is 8.10. The highest BCUT2D eigenvalue weighted by atomic mass is 16.4. The van der Waals surface area contributed by atoms with Crippen LogP contribution in [0.3, 0.4) is 0 Å². The van der Waals surface area contributed by atoms with Crippen molar-refractivity contribution in [1.29, 1.82) is 0 Å². The first-order valence-corrected chi connectivity index (χ1v) is 12.2. The minimum absolute atomic E-state index is 0.112. The molecule has 188 valence electrons. The molecule has 0 radical (unpaired) electrons. The maximum Gasteiger partial charge on any atom is 0.287 e. The van der Waals surface area contributed by atoms with E-state index in [4.69, 9.17) is 4.42 Å². The molecule has 1 aliphatic carbocycles. The first-order valence-electron chi connectivity index (χ1n) is 12.2. The Hall–Kier alpha value is -4.01. The van der Waals surface area contributed by atoms with Crippen LogP contribution in [-0.4, -0.2) is 40.8 Å². The first-order chi connectivity index (χ1) is 17.4. The fourth-order valence-corrected chi connectivity index (χ4v) is 4.51. The predicted octanol–water partition coefficient (Wildman–Crippen LogP) is 3.40. The lowest BCUT2D eigenvalue weighted by Gasteiger charge is -2.29. The van der Waals surface area contributed by atoms with Gasteiger partial charge in [0.25, 0.3) is 11.8 Å². The molecular formula is C27H31N5O4. The molecular weight excluding hydrogens is 458 g/mol. The topological polar surface area (TPSA) is 126 Å². The molecule has 36 heavy (non-hydrogen) atoms. The number of carbonyl (C=O) groups is 3. The molecule has 4 rings (SSSR count). The number of aryl methyl sites for hydroxylation is 1. The third-order valence-corrected chi connectivity index (χ3v) is 6.43. The van der Waals surface area contributed by atoms with Crippen LogP contribution in [-0.2, 0) is 11.3 Å². The number of nitrogens with one attached hydrogen (secondary N) is 3. The summed E-state index contributed by atoms with van der Waals surface area (Å²) in [5.74, 6) is -0.200. The van der Waals surface area contributed by atoms with E-state index in [-0.39, 0.29) is 23.5 Å². The van der Waals surface area contributed by atoms with Crippen molar-refractivity contribution in [2.75, 3.05) is 7.05 Å². The average Bonchev–Trinajstić information content (AvgIpc) is 3.41. The van der Waals surface area contributed by atoms with Gasteiger partial charge in [0.15, 0.2) is 11.5 Å². The molecule has 3 aromatic heterocycles. The van der Waals surface area contributed by atoms with E-state index in [9.17, 15) is 14.4 Å². The van der Waals surface area contributed by atoms with E-state index < -0.39 is 11.9 Å². The summed E-state index contributed by atoms with van der Waals surface area (Å²) in [5.41, 5.74) is 2.77. The van der Waals surface area contributed by atoms with Gasteiger partial charge in [0.05, 0.1) is 5.56 Å². The quantitative estimate of drug-likeness (QED) is 0.445. The van der Waals surface area contributed by atoms with Gasteiger partial charge in [0.2, 0.25) is 5.91 Å². The SMILES string of the molecule is CNC(=O)[C@@H](NC(=O)c1ccc(-c2cc(CNC(=O)c3cncc(C)c3)ccn2)o1)C1CCCCC1. The largest absolute Gasteiger partial charge is 0.449 e. The summed E-state index contributed by atoms with van der Waals surface area (Å²) in [5, 5.41) is 8.40. The number of nitrogens with zero attached hydrogens (tertiary/aromatic N) is 2. The highest BCUT2D eigenvalue weighted by Crippen LogP contribution is 2.27. The number of hydrogen-bond acceptors (Lipinski definition) is 6. The van der Waals surface area contributed by atoms with E-state index in [1.807, 2.05) is 6.92 Å². The molecule has 9 heteroatoms. The minimum Gasteiger partial charge on any atom is -0.449 e. The molecule has 0 aromatic carbocycles. The third-order valence-electron chi connectivity index (χ3n) is 6.43. The summed E-state index contributed by atoms with van der Waals surface area (Å²) >= 11 is 0. The van der Waals surface area contributed by atoms with Crippen LogP contribution in [0.15, 0.2) is 53.3 Å². The molecule has 0 unspecified atom stereocenters. The van der Waals surface area contributed by atoms with Crippen LogP contribution in [0, 0.1) is 12.8 Å². The van der Waals surface area contributed by atoms with E-state index in [1.54, 1.807) is 49.8 Å². The van der Waals surface area contributed by atoms with Gasteiger partial charge >= 0.3 is 0 Å². The second-order valence-corrected chi connectivity index (χ2v) is 9.11. The maximum absolute atomic E-state index is 12.9. The Morgan fingerprint density at radius 1 is 1.06 bits per heavy atom. The van der Waals surface area contributed by atoms with Crippen LogP contribution >= 0.6 is 0 Å². The van der Waals surface area contributed by atoms with Gasteiger partial charge < -0.3 is 20.4 Å². The van der Waals surface area contributed by atoms with Gasteiger partial charge in [-0.1, -0.05) is 19.3 Å². The number of hydrogen-bond donors (Lipinski definition) is 3. The van der Waals surface area contributed by atoms with Crippen molar-refractivity contribution in [2.24, 2.45) is 5.92 Å². The van der Waals surface area contributed by atoms with Gasteiger partial charge in [-0.3, -0.25) is 24.4 Å². The monoisotopic (exact) mass is 489 g/mol. The molecule has 0 saturated heterocycles. The summed E-state index contributed by atoms with van der Waals surface area (Å²) in [7, 11) is 1.58. The number of aromatic nitrogens is 2. The van der Waals surface area contributed by atoms with Crippen molar-refractivity contribution in [1.82, 2.24) is 25.9 Å². The zero-order valence-electron chi connectivity index (χ0n) is 20.5. The highest BCUT2D eigenvalue weighted by molar-refractivity contribution is 5.96. The van der Waals surface area contributed by atoms with Gasteiger partial charge in [-0.15, -0.1) is 0 Å². The summed E-state index contributed by atoms with van der Waals surface area (Å²) in [4.78, 5) is 46.2. The normalized spacial score (nSPS) is 14.6. The molecule has 3 N–H and O–H groups in total. The second-order valence-electron chi connectivity index (χ2n) is 9.11. The highest BCUT2D eigenvalue weighted by Gasteiger charge is 2.31. The number of amides is 3. The molecule has 0 aliphatic heterocycles. The van der Waals surface area contributed by atoms with Gasteiger partial charge in [0.1, 0.15) is 11.7 Å². The van der Waals surface area contributed by atoms with Crippen molar-refractivity contribution in [2.45, 2.75) is 51.6 Å². The number of pyridine rings is 2. The van der Waals surface area contributed by atoms with E-state index in [1.165, 1.54) is 6.20 Å². The number of furan rings is 1. The summed E-state index contributed by atoms with van der Waals surface area (Å²) < 4.78 is 5.79. The minimum atomic E-state index is -0.593. The molecule has 1 aliphatic rings. The van der Waals surface area contributed by atoms with Gasteiger partial charge in [-0.25, -0.2) is 0 Å². The molecule has 9 nitrogen and oxygen atoms in total. The van der Waals surface area contributed by atoms with Gasteiger partial charge in [-0.05, 0) is 67.1 Å². The fraction of sp³-hybridized carbons (Fsp3) is 0.370. The van der Waals surface area contributed by atoms with Crippen molar-refractivity contribution in [3.05, 3.63) is 71.4 Å². The zero-order chi connectivity index (χ0) is 25.5. The van der Waals surface area contributed by atoms with Gasteiger partial charge in [0, 0.05) is 32.2 Å². The first kappa shape index (κ1) is 25.1. The lowest BCUT2D eigenvalue weighted by atomic mass is 9.83. The van der Waals surface area contributed by atoms with E-state index in [0.717, 1.165) is 43.2 Å². The maximum atomic E-state index is 12.9. The summed E-state index contributed by atoms with van der Waals surface area (Å²) in [6.07, 6.45) is 9.94. The Labute approximate surface area is 210 Å². The Morgan fingerprint density at radius 2 is 1.86 bits per heavy atom. The third kappa shape index (κ3) is 6.16. The van der Waals surface area contributed by atoms with Crippen LogP contribution in [0.5, 0.6) is 0 Å². The van der Waals surface area contributed by atoms with Crippen molar-refractivity contribution in [3.8, 4) is 11.5 Å². The summed E-state index contributed by atoms with van der Waals surface area (Å²) in [6.45, 7) is 2.18. The van der Waals surface area contributed by atoms with Crippen LogP contribution < -0.4 is 16.0 Å². The van der Waals surface area contributed by atoms with Crippen molar-refractivity contribution < 1.29 is 18.8 Å². The average molecular weight is 490 g/mol. The number of likely N-dealkylation sites (N-methyl/N-ethyl adjacent to an activating group) is 1. The molecule has 1 atom stereocenters.